The Balaban J connectivity index is 1.38. The number of nitrogens with one attached hydrogen (secondary N) is 1. The van der Waals surface area contributed by atoms with E-state index in [2.05, 4.69) is 5.32 Å². The summed E-state index contributed by atoms with van der Waals surface area (Å²) < 4.78 is 41.9. The maximum atomic E-state index is 14.1. The zero-order valence-corrected chi connectivity index (χ0v) is 20.0. The number of carbonyl (C=O) groups excluding carboxylic acids is 2. The highest BCUT2D eigenvalue weighted by Crippen LogP contribution is 2.60. The van der Waals surface area contributed by atoms with Crippen LogP contribution in [-0.2, 0) is 19.6 Å². The van der Waals surface area contributed by atoms with Crippen LogP contribution < -0.4 is 11.1 Å². The predicted molar refractivity (Wildman–Crippen MR) is 120 cm³/mol. The van der Waals surface area contributed by atoms with Crippen molar-refractivity contribution in [2.45, 2.75) is 74.8 Å². The van der Waals surface area contributed by atoms with Gasteiger partial charge in [-0.3, -0.25) is 9.59 Å². The number of primary amides is 1. The van der Waals surface area contributed by atoms with Crippen LogP contribution >= 0.6 is 0 Å². The van der Waals surface area contributed by atoms with Crippen molar-refractivity contribution in [3.8, 4) is 0 Å². The predicted octanol–water partition coefficient (Wildman–Crippen LogP) is 2.47. The highest BCUT2D eigenvalue weighted by atomic mass is 32.2. The molecule has 0 saturated heterocycles. The van der Waals surface area contributed by atoms with E-state index in [1.807, 2.05) is 0 Å². The quantitative estimate of drug-likeness (QED) is 0.656. The van der Waals surface area contributed by atoms with Gasteiger partial charge in [0.1, 0.15) is 11.4 Å². The Hall–Kier alpha value is -2.00. The van der Waals surface area contributed by atoms with E-state index in [0.717, 1.165) is 36.1 Å². The number of sulfonamides is 1. The lowest BCUT2D eigenvalue weighted by Gasteiger charge is -2.59. The second-order valence-corrected chi connectivity index (χ2v) is 12.9. The van der Waals surface area contributed by atoms with E-state index in [4.69, 9.17) is 5.73 Å². The van der Waals surface area contributed by atoms with Crippen LogP contribution in [0, 0.1) is 35.9 Å². The first-order chi connectivity index (χ1) is 15.5. The SMILES string of the molecule is Cc1ccc(S(=O)(=O)N(C)C2(C(=O)NC3C4CC5CC3CC(C(N)=O)(C5)C4)CCC2)cc1F. The molecule has 0 spiro atoms. The summed E-state index contributed by atoms with van der Waals surface area (Å²) in [5.74, 6) is -0.235. The summed E-state index contributed by atoms with van der Waals surface area (Å²) in [6.45, 7) is 1.57. The number of likely N-dealkylation sites (N-methyl/N-ethyl adjacent to an activating group) is 1. The number of amides is 2. The van der Waals surface area contributed by atoms with Crippen molar-refractivity contribution in [2.75, 3.05) is 7.05 Å². The molecule has 7 nitrogen and oxygen atoms in total. The Morgan fingerprint density at radius 3 is 2.30 bits per heavy atom. The van der Waals surface area contributed by atoms with Crippen molar-refractivity contribution in [1.82, 2.24) is 9.62 Å². The molecule has 2 atom stereocenters. The molecule has 6 rings (SSSR count). The van der Waals surface area contributed by atoms with Crippen LogP contribution in [0.3, 0.4) is 0 Å². The van der Waals surface area contributed by atoms with Gasteiger partial charge in [-0.25, -0.2) is 12.8 Å². The third-order valence-corrected chi connectivity index (χ3v) is 11.0. The largest absolute Gasteiger partial charge is 0.369 e. The fraction of sp³-hybridized carbons (Fsp3) is 0.667. The number of nitrogens with zero attached hydrogens (tertiary/aromatic N) is 1. The second kappa shape index (κ2) is 7.50. The molecule has 5 saturated carbocycles. The van der Waals surface area contributed by atoms with Gasteiger partial charge in [0.15, 0.2) is 0 Å². The first-order valence-corrected chi connectivity index (χ1v) is 13.3. The van der Waals surface area contributed by atoms with Crippen molar-refractivity contribution in [3.63, 3.8) is 0 Å². The Labute approximate surface area is 194 Å². The van der Waals surface area contributed by atoms with Gasteiger partial charge in [-0.05, 0) is 93.7 Å². The fourth-order valence-corrected chi connectivity index (χ4v) is 8.70. The highest BCUT2D eigenvalue weighted by molar-refractivity contribution is 7.89. The smallest absolute Gasteiger partial charge is 0.243 e. The number of hydrogen-bond donors (Lipinski definition) is 2. The van der Waals surface area contributed by atoms with Crippen LogP contribution in [0.5, 0.6) is 0 Å². The first-order valence-electron chi connectivity index (χ1n) is 11.8. The van der Waals surface area contributed by atoms with Gasteiger partial charge in [0.05, 0.1) is 4.90 Å². The van der Waals surface area contributed by atoms with Crippen LogP contribution in [0.2, 0.25) is 0 Å². The molecular formula is C24H32FN3O4S. The van der Waals surface area contributed by atoms with Crippen LogP contribution in [-0.4, -0.2) is 43.2 Å². The molecule has 0 aliphatic heterocycles. The topological polar surface area (TPSA) is 110 Å². The minimum absolute atomic E-state index is 0.0630. The molecular weight excluding hydrogens is 445 g/mol. The summed E-state index contributed by atoms with van der Waals surface area (Å²) in [5, 5.41) is 3.21. The van der Waals surface area contributed by atoms with Gasteiger partial charge in [-0.2, -0.15) is 4.31 Å². The molecule has 33 heavy (non-hydrogen) atoms. The fourth-order valence-electron chi connectivity index (χ4n) is 7.17. The van der Waals surface area contributed by atoms with Crippen molar-refractivity contribution >= 4 is 21.8 Å². The standard InChI is InChI=1S/C24H32FN3O4S/c1-14-4-5-18(10-19(14)25)33(31,32)28(2)24(6-3-7-24)22(30)27-20-16-8-15-9-17(20)13-23(11-15,12-16)21(26)29/h4-5,10,15-17,20H,3,6-9,11-13H2,1-2H3,(H2,26,29)(H,27,30). The van der Waals surface area contributed by atoms with Crippen molar-refractivity contribution in [3.05, 3.63) is 29.6 Å². The number of benzene rings is 1. The lowest BCUT2D eigenvalue weighted by Crippen LogP contribution is -2.68. The van der Waals surface area contributed by atoms with E-state index >= 15 is 0 Å². The van der Waals surface area contributed by atoms with E-state index in [1.54, 1.807) is 6.92 Å². The van der Waals surface area contributed by atoms with Crippen molar-refractivity contribution < 1.29 is 22.4 Å². The van der Waals surface area contributed by atoms with E-state index in [0.29, 0.717) is 37.2 Å². The average Bonchev–Trinajstić information content (AvgIpc) is 2.71. The molecule has 5 aliphatic rings. The summed E-state index contributed by atoms with van der Waals surface area (Å²) >= 11 is 0. The van der Waals surface area contributed by atoms with E-state index < -0.39 is 26.8 Å². The van der Waals surface area contributed by atoms with Crippen molar-refractivity contribution in [2.24, 2.45) is 28.9 Å². The molecule has 5 fully saturated rings. The first kappa shape index (κ1) is 22.8. The van der Waals surface area contributed by atoms with E-state index in [1.165, 1.54) is 19.2 Å². The van der Waals surface area contributed by atoms with Crippen LogP contribution in [0.25, 0.3) is 0 Å². The lowest BCUT2D eigenvalue weighted by molar-refractivity contribution is -0.150. The van der Waals surface area contributed by atoms with Crippen LogP contribution in [0.4, 0.5) is 4.39 Å². The Kier molecular flexibility index (Phi) is 5.18. The molecule has 3 N–H and O–H groups in total. The molecule has 1 aromatic carbocycles. The van der Waals surface area contributed by atoms with Gasteiger partial charge in [-0.1, -0.05) is 6.07 Å². The van der Waals surface area contributed by atoms with Crippen molar-refractivity contribution in [1.29, 1.82) is 0 Å². The van der Waals surface area contributed by atoms with Gasteiger partial charge >= 0.3 is 0 Å². The van der Waals surface area contributed by atoms with Crippen LogP contribution in [0.1, 0.15) is 56.9 Å². The second-order valence-electron chi connectivity index (χ2n) is 10.9. The molecule has 180 valence electrons. The Bertz CT molecular complexity index is 1100. The van der Waals surface area contributed by atoms with Gasteiger partial charge < -0.3 is 11.1 Å². The van der Waals surface area contributed by atoms with E-state index in [9.17, 15) is 22.4 Å². The number of nitrogens with two attached hydrogens (primary N) is 1. The van der Waals surface area contributed by atoms with Gasteiger partial charge in [-0.15, -0.1) is 0 Å². The minimum Gasteiger partial charge on any atom is -0.369 e. The minimum atomic E-state index is -4.05. The number of hydrogen-bond acceptors (Lipinski definition) is 4. The maximum Gasteiger partial charge on any atom is 0.243 e. The lowest BCUT2D eigenvalue weighted by atomic mass is 9.47. The molecule has 0 heterocycles. The summed E-state index contributed by atoms with van der Waals surface area (Å²) in [6, 6.07) is 3.78. The summed E-state index contributed by atoms with van der Waals surface area (Å²) in [6.07, 6.45) is 5.81. The molecule has 0 aromatic heterocycles. The highest BCUT2D eigenvalue weighted by Gasteiger charge is 2.60. The molecule has 4 bridgehead atoms. The summed E-state index contributed by atoms with van der Waals surface area (Å²) in [4.78, 5) is 25.7. The Morgan fingerprint density at radius 1 is 1.15 bits per heavy atom. The third kappa shape index (κ3) is 3.33. The molecule has 0 radical (unpaired) electrons. The zero-order chi connectivity index (χ0) is 23.8. The molecule has 5 aliphatic carbocycles. The number of carbonyl (C=O) groups is 2. The molecule has 1 aromatic rings. The number of aryl methyl sites for hydroxylation is 1. The molecule has 2 amide bonds. The molecule has 2 unspecified atom stereocenters. The summed E-state index contributed by atoms with van der Waals surface area (Å²) in [5.41, 5.74) is 4.53. The zero-order valence-electron chi connectivity index (χ0n) is 19.1. The van der Waals surface area contributed by atoms with E-state index in [-0.39, 0.29) is 34.6 Å². The number of rotatable bonds is 6. The molecule has 9 heteroatoms. The summed E-state index contributed by atoms with van der Waals surface area (Å²) in [7, 11) is -2.63. The maximum absolute atomic E-state index is 14.1. The van der Waals surface area contributed by atoms with Gasteiger partial charge in [0, 0.05) is 18.5 Å². The number of halogens is 1. The normalized spacial score (nSPS) is 34.2. The third-order valence-electron chi connectivity index (χ3n) is 9.10. The van der Waals surface area contributed by atoms with Gasteiger partial charge in [0.2, 0.25) is 21.8 Å². The Morgan fingerprint density at radius 2 is 1.79 bits per heavy atom. The van der Waals surface area contributed by atoms with Gasteiger partial charge in [0.25, 0.3) is 0 Å². The average molecular weight is 478 g/mol. The monoisotopic (exact) mass is 477 g/mol. The van der Waals surface area contributed by atoms with Crippen LogP contribution in [0.15, 0.2) is 23.1 Å².